The minimum Gasteiger partial charge on any atom is -0.338 e. The molecule has 6 heteroatoms. The molecule has 0 bridgehead atoms. The smallest absolute Gasteiger partial charge is 0.319 e. The number of anilines is 1. The summed E-state index contributed by atoms with van der Waals surface area (Å²) in [5.41, 5.74) is 0.395. The number of rotatable bonds is 6. The molecule has 0 spiro atoms. The van der Waals surface area contributed by atoms with Gasteiger partial charge in [0.1, 0.15) is 11.1 Å². The van der Waals surface area contributed by atoms with Gasteiger partial charge in [0.2, 0.25) is 0 Å². The van der Waals surface area contributed by atoms with Crippen LogP contribution in [0.5, 0.6) is 0 Å². The Labute approximate surface area is 116 Å². The predicted molar refractivity (Wildman–Crippen MR) is 75.2 cm³/mol. The van der Waals surface area contributed by atoms with Crippen molar-refractivity contribution in [1.29, 1.82) is 5.26 Å². The van der Waals surface area contributed by atoms with Crippen LogP contribution < -0.4 is 10.6 Å². The van der Waals surface area contributed by atoms with Gasteiger partial charge in [-0.05, 0) is 12.5 Å². The van der Waals surface area contributed by atoms with E-state index < -0.39 is 0 Å². The molecule has 4 nitrogen and oxygen atoms in total. The third-order valence-electron chi connectivity index (χ3n) is 2.37. The maximum atomic E-state index is 11.6. The van der Waals surface area contributed by atoms with E-state index in [0.29, 0.717) is 21.4 Å². The lowest BCUT2D eigenvalue weighted by atomic mass is 10.2. The van der Waals surface area contributed by atoms with Crippen molar-refractivity contribution < 1.29 is 4.79 Å². The molecule has 0 aliphatic heterocycles. The largest absolute Gasteiger partial charge is 0.338 e. The number of hydrogen-bond acceptors (Lipinski definition) is 3. The summed E-state index contributed by atoms with van der Waals surface area (Å²) < 4.78 is 0.491. The number of urea groups is 1. The molecule has 2 N–H and O–H groups in total. The molecule has 0 saturated heterocycles. The summed E-state index contributed by atoms with van der Waals surface area (Å²) in [7, 11) is 0. The molecule has 18 heavy (non-hydrogen) atoms. The highest BCUT2D eigenvalue weighted by Gasteiger charge is 2.10. The van der Waals surface area contributed by atoms with Crippen molar-refractivity contribution in [2.24, 2.45) is 0 Å². The van der Waals surface area contributed by atoms with Gasteiger partial charge in [-0.3, -0.25) is 5.32 Å². The lowest BCUT2D eigenvalue weighted by molar-refractivity contribution is 0.252. The molecule has 0 aliphatic rings. The van der Waals surface area contributed by atoms with Gasteiger partial charge in [-0.25, -0.2) is 4.79 Å². The normalized spacial score (nSPS) is 9.83. The monoisotopic (exact) mass is 285 g/mol. The number of carbonyl (C=O) groups is 1. The van der Waals surface area contributed by atoms with Crippen LogP contribution in [0.2, 0.25) is 4.34 Å². The summed E-state index contributed by atoms with van der Waals surface area (Å²) in [5.74, 6) is 0. The molecular weight excluding hydrogens is 270 g/mol. The molecule has 0 aromatic carbocycles. The maximum absolute atomic E-state index is 11.6. The zero-order valence-electron chi connectivity index (χ0n) is 10.3. The van der Waals surface area contributed by atoms with Crippen LogP contribution in [0.4, 0.5) is 9.80 Å². The standard InChI is InChI=1S/C12H16ClN3OS/c1-2-3-4-5-6-15-12(17)16-11-9(8-14)7-10(13)18-11/h7H,2-6H2,1H3,(H2,15,16,17). The first-order chi connectivity index (χ1) is 8.67. The van der Waals surface area contributed by atoms with E-state index in [0.717, 1.165) is 12.8 Å². The molecule has 98 valence electrons. The van der Waals surface area contributed by atoms with E-state index in [1.54, 1.807) is 6.07 Å². The van der Waals surface area contributed by atoms with Gasteiger partial charge in [0, 0.05) is 6.54 Å². The average molecular weight is 286 g/mol. The van der Waals surface area contributed by atoms with E-state index in [1.807, 2.05) is 6.07 Å². The van der Waals surface area contributed by atoms with E-state index in [-0.39, 0.29) is 6.03 Å². The quantitative estimate of drug-likeness (QED) is 0.777. The zero-order valence-corrected chi connectivity index (χ0v) is 11.8. The number of halogens is 1. The van der Waals surface area contributed by atoms with Crippen LogP contribution in [0, 0.1) is 11.3 Å². The highest BCUT2D eigenvalue weighted by molar-refractivity contribution is 7.20. The van der Waals surface area contributed by atoms with Crippen LogP contribution in [-0.2, 0) is 0 Å². The van der Waals surface area contributed by atoms with Crippen molar-refractivity contribution in [3.05, 3.63) is 16.0 Å². The highest BCUT2D eigenvalue weighted by atomic mass is 35.5. The average Bonchev–Trinajstić information content (AvgIpc) is 2.69. The number of unbranched alkanes of at least 4 members (excludes halogenated alkanes) is 3. The van der Waals surface area contributed by atoms with Crippen LogP contribution in [0.1, 0.15) is 38.2 Å². The number of thiophene rings is 1. The van der Waals surface area contributed by atoms with Crippen molar-refractivity contribution in [3.8, 4) is 6.07 Å². The molecule has 2 amide bonds. The van der Waals surface area contributed by atoms with Crippen LogP contribution >= 0.6 is 22.9 Å². The molecule has 1 heterocycles. The topological polar surface area (TPSA) is 64.9 Å². The van der Waals surface area contributed by atoms with Crippen molar-refractivity contribution >= 4 is 34.0 Å². The number of nitrogens with zero attached hydrogens (tertiary/aromatic N) is 1. The van der Waals surface area contributed by atoms with Gasteiger partial charge in [0.25, 0.3) is 0 Å². The SMILES string of the molecule is CCCCCCNC(=O)Nc1sc(Cl)cc1C#N. The number of carbonyl (C=O) groups excluding carboxylic acids is 1. The lowest BCUT2D eigenvalue weighted by Crippen LogP contribution is -2.29. The van der Waals surface area contributed by atoms with Crippen LogP contribution in [0.3, 0.4) is 0 Å². The number of nitrogens with one attached hydrogen (secondary N) is 2. The summed E-state index contributed by atoms with van der Waals surface area (Å²) in [5, 5.41) is 14.7. The maximum Gasteiger partial charge on any atom is 0.319 e. The Bertz CT molecular complexity index is 439. The van der Waals surface area contributed by atoms with E-state index in [1.165, 1.54) is 24.2 Å². The summed E-state index contributed by atoms with van der Waals surface area (Å²) in [6, 6.07) is 3.24. The van der Waals surface area contributed by atoms with E-state index in [9.17, 15) is 4.79 Å². The first-order valence-corrected chi connectivity index (χ1v) is 7.11. The Morgan fingerprint density at radius 1 is 1.50 bits per heavy atom. The third-order valence-corrected chi connectivity index (χ3v) is 3.54. The number of hydrogen-bond donors (Lipinski definition) is 2. The third kappa shape index (κ3) is 4.94. The van der Waals surface area contributed by atoms with Gasteiger partial charge in [-0.15, -0.1) is 11.3 Å². The minimum absolute atomic E-state index is 0.290. The first kappa shape index (κ1) is 14.8. The Morgan fingerprint density at radius 3 is 2.94 bits per heavy atom. The van der Waals surface area contributed by atoms with E-state index in [2.05, 4.69) is 17.6 Å². The summed E-state index contributed by atoms with van der Waals surface area (Å²) in [4.78, 5) is 11.6. The fourth-order valence-corrected chi connectivity index (χ4v) is 2.51. The van der Waals surface area contributed by atoms with Crippen molar-refractivity contribution in [3.63, 3.8) is 0 Å². The fraction of sp³-hybridized carbons (Fsp3) is 0.500. The molecule has 0 atom stereocenters. The second-order valence-electron chi connectivity index (χ2n) is 3.85. The predicted octanol–water partition coefficient (Wildman–Crippen LogP) is 3.97. The molecule has 0 unspecified atom stereocenters. The molecule has 1 aromatic heterocycles. The Balaban J connectivity index is 2.33. The summed E-state index contributed by atoms with van der Waals surface area (Å²) in [6.07, 6.45) is 4.44. The van der Waals surface area contributed by atoms with Gasteiger partial charge in [0.05, 0.1) is 9.90 Å². The molecule has 0 fully saturated rings. The molecule has 1 rings (SSSR count). The number of nitriles is 1. The first-order valence-electron chi connectivity index (χ1n) is 5.91. The van der Waals surface area contributed by atoms with Crippen LogP contribution in [0.15, 0.2) is 6.07 Å². The Hall–Kier alpha value is -1.25. The van der Waals surface area contributed by atoms with Gasteiger partial charge < -0.3 is 5.32 Å². The molecule has 0 radical (unpaired) electrons. The van der Waals surface area contributed by atoms with Crippen LogP contribution in [0.25, 0.3) is 0 Å². The number of amides is 2. The van der Waals surface area contributed by atoms with Gasteiger partial charge >= 0.3 is 6.03 Å². The molecular formula is C12H16ClN3OS. The van der Waals surface area contributed by atoms with Gasteiger partial charge in [-0.2, -0.15) is 5.26 Å². The van der Waals surface area contributed by atoms with Crippen molar-refractivity contribution in [1.82, 2.24) is 5.32 Å². The van der Waals surface area contributed by atoms with Crippen LogP contribution in [-0.4, -0.2) is 12.6 Å². The molecule has 1 aromatic rings. The highest BCUT2D eigenvalue weighted by Crippen LogP contribution is 2.30. The second-order valence-corrected chi connectivity index (χ2v) is 5.53. The second kappa shape index (κ2) is 7.96. The van der Waals surface area contributed by atoms with E-state index >= 15 is 0 Å². The van der Waals surface area contributed by atoms with Gasteiger partial charge in [-0.1, -0.05) is 37.8 Å². The Kier molecular flexibility index (Phi) is 6.55. The summed E-state index contributed by atoms with van der Waals surface area (Å²) >= 11 is 6.97. The minimum atomic E-state index is -0.290. The molecule has 0 saturated carbocycles. The van der Waals surface area contributed by atoms with Crippen molar-refractivity contribution in [2.75, 3.05) is 11.9 Å². The fourth-order valence-electron chi connectivity index (χ4n) is 1.44. The Morgan fingerprint density at radius 2 is 2.28 bits per heavy atom. The molecule has 0 aliphatic carbocycles. The summed E-state index contributed by atoms with van der Waals surface area (Å²) in [6.45, 7) is 2.79. The zero-order chi connectivity index (χ0) is 13.4. The lowest BCUT2D eigenvalue weighted by Gasteiger charge is -2.05. The van der Waals surface area contributed by atoms with E-state index in [4.69, 9.17) is 16.9 Å². The van der Waals surface area contributed by atoms with Gasteiger partial charge in [0.15, 0.2) is 0 Å². The van der Waals surface area contributed by atoms with Crippen molar-refractivity contribution in [2.45, 2.75) is 32.6 Å².